The average molecular weight is 436 g/mol. The first-order valence-corrected chi connectivity index (χ1v) is 11.5. The third-order valence-electron chi connectivity index (χ3n) is 6.96. The number of carbonyl (C=O) groups is 1. The van der Waals surface area contributed by atoms with E-state index in [0.717, 1.165) is 28.9 Å². The number of anilines is 1. The maximum atomic E-state index is 13.0. The lowest BCUT2D eigenvalue weighted by molar-refractivity contribution is 0.140. The molecule has 0 radical (unpaired) electrons. The number of hydrogen-bond donors (Lipinski definition) is 1. The monoisotopic (exact) mass is 435 g/mol. The van der Waals surface area contributed by atoms with E-state index < -0.39 is 0 Å². The second-order valence-corrected chi connectivity index (χ2v) is 9.14. The summed E-state index contributed by atoms with van der Waals surface area (Å²) in [5.41, 5.74) is 4.11. The van der Waals surface area contributed by atoms with Crippen LogP contribution in [0.25, 0.3) is 21.9 Å². The Labute approximate surface area is 192 Å². The van der Waals surface area contributed by atoms with E-state index in [-0.39, 0.29) is 23.4 Å². The Morgan fingerprint density at radius 2 is 1.61 bits per heavy atom. The largest absolute Gasteiger partial charge is 0.324 e. The van der Waals surface area contributed by atoms with Crippen molar-refractivity contribution in [2.24, 2.45) is 5.92 Å². The van der Waals surface area contributed by atoms with Gasteiger partial charge in [0.05, 0.1) is 0 Å². The van der Waals surface area contributed by atoms with Gasteiger partial charge < -0.3 is 14.8 Å². The highest BCUT2D eigenvalue weighted by atomic mass is 16.2. The zero-order valence-electron chi connectivity index (χ0n) is 18.3. The molecule has 2 aliphatic rings. The Morgan fingerprint density at radius 1 is 0.818 bits per heavy atom. The minimum atomic E-state index is -0.0742. The minimum Gasteiger partial charge on any atom is -0.324 e. The molecule has 3 heterocycles. The zero-order valence-corrected chi connectivity index (χ0v) is 18.3. The molecule has 0 aliphatic carbocycles. The number of amides is 2. The number of nitrogens with one attached hydrogen (secondary N) is 1. The minimum absolute atomic E-state index is 0.0476. The smallest absolute Gasteiger partial charge is 0.321 e. The number of rotatable bonds is 2. The molecule has 6 rings (SSSR count). The summed E-state index contributed by atoms with van der Waals surface area (Å²) in [6, 6.07) is 27.9. The fraction of sp³-hybridized carbons (Fsp3) is 0.214. The number of nitrogens with zero attached hydrogens (tertiary/aromatic N) is 2. The third-order valence-corrected chi connectivity index (χ3v) is 6.96. The highest BCUT2D eigenvalue weighted by molar-refractivity contribution is 5.90. The lowest BCUT2D eigenvalue weighted by Gasteiger charge is -2.43. The van der Waals surface area contributed by atoms with Crippen molar-refractivity contribution in [1.29, 1.82) is 0 Å². The van der Waals surface area contributed by atoms with Gasteiger partial charge in [-0.3, -0.25) is 4.79 Å². The molecule has 2 aliphatic heterocycles. The van der Waals surface area contributed by atoms with Gasteiger partial charge in [0.25, 0.3) is 5.56 Å². The molecule has 1 aromatic heterocycles. The van der Waals surface area contributed by atoms with Crippen LogP contribution in [-0.4, -0.2) is 28.6 Å². The molecule has 1 N–H and O–H groups in total. The Balaban J connectivity index is 1.36. The molecule has 2 atom stereocenters. The Bertz CT molecular complexity index is 1410. The van der Waals surface area contributed by atoms with Crippen molar-refractivity contribution in [2.45, 2.75) is 18.9 Å². The number of benzene rings is 3. The number of fused-ring (bicyclic) bond motifs is 5. The van der Waals surface area contributed by atoms with E-state index in [1.807, 2.05) is 58.0 Å². The number of pyridine rings is 1. The van der Waals surface area contributed by atoms with Crippen LogP contribution in [0, 0.1) is 5.92 Å². The van der Waals surface area contributed by atoms with Crippen molar-refractivity contribution in [1.82, 2.24) is 9.47 Å². The molecule has 1 fully saturated rings. The fourth-order valence-corrected chi connectivity index (χ4v) is 5.51. The number of para-hydroxylation sites is 1. The maximum Gasteiger partial charge on any atom is 0.321 e. The number of carbonyl (C=O) groups excluding carboxylic acids is 1. The summed E-state index contributed by atoms with van der Waals surface area (Å²) in [6.45, 7) is 1.93. The molecule has 3 aromatic carbocycles. The molecule has 0 spiro atoms. The van der Waals surface area contributed by atoms with Gasteiger partial charge in [-0.25, -0.2) is 4.79 Å². The summed E-state index contributed by atoms with van der Waals surface area (Å²) < 4.78 is 1.95. The standard InChI is InChI=1S/C28H25N3O2/c32-26-13-12-25(22-11-10-20-6-4-5-7-21(20)15-22)27-23-14-19(17-31(26)27)16-30(18-23)28(33)29-24-8-2-1-3-9-24/h1-13,15,19,23H,14,16-18H2,(H,29,33)/t19-,23-/m1/s1. The molecule has 5 heteroatoms. The van der Waals surface area contributed by atoms with Crippen LogP contribution in [0.3, 0.4) is 0 Å². The third kappa shape index (κ3) is 3.59. The van der Waals surface area contributed by atoms with E-state index in [1.54, 1.807) is 6.07 Å². The Morgan fingerprint density at radius 3 is 2.45 bits per heavy atom. The van der Waals surface area contributed by atoms with Gasteiger partial charge >= 0.3 is 6.03 Å². The van der Waals surface area contributed by atoms with Crippen molar-refractivity contribution >= 4 is 22.5 Å². The maximum absolute atomic E-state index is 13.0. The van der Waals surface area contributed by atoms with Crippen LogP contribution in [-0.2, 0) is 6.54 Å². The lowest BCUT2D eigenvalue weighted by Crippen LogP contribution is -2.50. The number of urea groups is 1. The molecule has 5 nitrogen and oxygen atoms in total. The highest BCUT2D eigenvalue weighted by Crippen LogP contribution is 2.40. The van der Waals surface area contributed by atoms with Crippen LogP contribution in [0.5, 0.6) is 0 Å². The number of hydrogen-bond acceptors (Lipinski definition) is 2. The second kappa shape index (κ2) is 7.93. The van der Waals surface area contributed by atoms with Gasteiger partial charge in [-0.1, -0.05) is 54.6 Å². The number of aromatic nitrogens is 1. The molecule has 4 aromatic rings. The van der Waals surface area contributed by atoms with Crippen LogP contribution in [0.2, 0.25) is 0 Å². The molecule has 0 unspecified atom stereocenters. The summed E-state index contributed by atoms with van der Waals surface area (Å²) in [6.07, 6.45) is 0.999. The summed E-state index contributed by atoms with van der Waals surface area (Å²) in [5, 5.41) is 5.40. The molecule has 164 valence electrons. The first-order valence-electron chi connectivity index (χ1n) is 11.5. The van der Waals surface area contributed by atoms with Crippen LogP contribution < -0.4 is 10.9 Å². The molecule has 2 amide bonds. The molecule has 1 saturated heterocycles. The van der Waals surface area contributed by atoms with E-state index in [0.29, 0.717) is 19.6 Å². The van der Waals surface area contributed by atoms with Crippen molar-refractivity contribution < 1.29 is 4.79 Å². The van der Waals surface area contributed by atoms with Crippen molar-refractivity contribution in [2.75, 3.05) is 18.4 Å². The van der Waals surface area contributed by atoms with Crippen LogP contribution in [0.1, 0.15) is 18.0 Å². The van der Waals surface area contributed by atoms with Gasteiger partial charge in [-0.2, -0.15) is 0 Å². The molecule has 33 heavy (non-hydrogen) atoms. The van der Waals surface area contributed by atoms with E-state index in [1.165, 1.54) is 10.8 Å². The number of likely N-dealkylation sites (tertiary alicyclic amines) is 1. The van der Waals surface area contributed by atoms with E-state index in [4.69, 9.17) is 0 Å². The highest BCUT2D eigenvalue weighted by Gasteiger charge is 2.37. The van der Waals surface area contributed by atoms with Gasteiger partial charge in [0.15, 0.2) is 0 Å². The SMILES string of the molecule is O=C(Nc1ccccc1)N1C[C@H]2C[C@H](C1)c1c(-c3ccc4ccccc4c3)ccc(=O)n1C2. The topological polar surface area (TPSA) is 54.3 Å². The quantitative estimate of drug-likeness (QED) is 0.463. The summed E-state index contributed by atoms with van der Waals surface area (Å²) in [7, 11) is 0. The van der Waals surface area contributed by atoms with Crippen molar-refractivity contribution in [3.05, 3.63) is 101 Å². The summed E-state index contributed by atoms with van der Waals surface area (Å²) in [4.78, 5) is 27.8. The van der Waals surface area contributed by atoms with Gasteiger partial charge in [0.1, 0.15) is 0 Å². The molecular formula is C28H25N3O2. The van der Waals surface area contributed by atoms with Gasteiger partial charge in [-0.15, -0.1) is 0 Å². The van der Waals surface area contributed by atoms with Gasteiger partial charge in [0.2, 0.25) is 0 Å². The fourth-order valence-electron chi connectivity index (χ4n) is 5.51. The van der Waals surface area contributed by atoms with E-state index >= 15 is 0 Å². The first kappa shape index (κ1) is 19.8. The predicted molar refractivity (Wildman–Crippen MR) is 132 cm³/mol. The van der Waals surface area contributed by atoms with Crippen LogP contribution in [0.15, 0.2) is 89.7 Å². The first-order chi connectivity index (χ1) is 16.2. The van der Waals surface area contributed by atoms with Crippen LogP contribution in [0.4, 0.5) is 10.5 Å². The zero-order chi connectivity index (χ0) is 22.4. The predicted octanol–water partition coefficient (Wildman–Crippen LogP) is 5.32. The second-order valence-electron chi connectivity index (χ2n) is 9.14. The van der Waals surface area contributed by atoms with Crippen LogP contribution >= 0.6 is 0 Å². The van der Waals surface area contributed by atoms with E-state index in [2.05, 4.69) is 35.6 Å². The van der Waals surface area contributed by atoms with E-state index in [9.17, 15) is 9.59 Å². The average Bonchev–Trinajstić information content (AvgIpc) is 2.85. The lowest BCUT2D eigenvalue weighted by atomic mass is 9.80. The summed E-state index contributed by atoms with van der Waals surface area (Å²) in [5.74, 6) is 0.414. The Hall–Kier alpha value is -3.86. The molecular weight excluding hydrogens is 410 g/mol. The number of piperidine rings is 1. The summed E-state index contributed by atoms with van der Waals surface area (Å²) >= 11 is 0. The van der Waals surface area contributed by atoms with Crippen molar-refractivity contribution in [3.63, 3.8) is 0 Å². The molecule has 0 saturated carbocycles. The van der Waals surface area contributed by atoms with Gasteiger partial charge in [0, 0.05) is 48.6 Å². The Kier molecular flexibility index (Phi) is 4.75. The van der Waals surface area contributed by atoms with Crippen molar-refractivity contribution in [3.8, 4) is 11.1 Å². The normalized spacial score (nSPS) is 19.2. The van der Waals surface area contributed by atoms with Gasteiger partial charge in [-0.05, 0) is 52.9 Å². The molecule has 2 bridgehead atoms.